The molecule has 0 spiro atoms. The van der Waals surface area contributed by atoms with Gasteiger partial charge >= 0.3 is 0 Å². The van der Waals surface area contributed by atoms with Gasteiger partial charge in [0, 0.05) is 6.07 Å². The third kappa shape index (κ3) is 3.90. The van der Waals surface area contributed by atoms with Crippen LogP contribution >= 0.6 is 15.9 Å². The van der Waals surface area contributed by atoms with Gasteiger partial charge in [-0.2, -0.15) is 0 Å². The summed E-state index contributed by atoms with van der Waals surface area (Å²) in [5, 5.41) is 11.9. The average molecular weight is 539 g/mol. The first-order chi connectivity index (χ1) is 16.9. The van der Waals surface area contributed by atoms with E-state index < -0.39 is 24.0 Å². The van der Waals surface area contributed by atoms with E-state index in [1.165, 1.54) is 12.0 Å². The molecule has 5 rings (SSSR count). The Balaban J connectivity index is 1.60. The molecule has 2 aliphatic rings. The van der Waals surface area contributed by atoms with E-state index in [0.29, 0.717) is 33.8 Å². The van der Waals surface area contributed by atoms with E-state index in [0.717, 1.165) is 0 Å². The van der Waals surface area contributed by atoms with Gasteiger partial charge in [0.15, 0.2) is 17.6 Å². The van der Waals surface area contributed by atoms with E-state index in [9.17, 15) is 14.7 Å². The molecule has 0 aliphatic carbocycles. The number of phenolic OH excluding ortho intramolecular Hbond substituents is 1. The summed E-state index contributed by atoms with van der Waals surface area (Å²) in [5.74, 6) is -0.884. The molecule has 3 aromatic carbocycles. The molecule has 2 aliphatic heterocycles. The molecule has 2 fully saturated rings. The van der Waals surface area contributed by atoms with Crippen LogP contribution in [0.3, 0.4) is 0 Å². The maximum Gasteiger partial charge on any atom is 0.266 e. The molecule has 0 unspecified atom stereocenters. The highest BCUT2D eigenvalue weighted by Crippen LogP contribution is 2.49. The summed E-state index contributed by atoms with van der Waals surface area (Å²) in [5.41, 5.74) is 1.77. The first-order valence-corrected chi connectivity index (χ1v) is 11.9. The lowest BCUT2D eigenvalue weighted by atomic mass is 9.90. The number of halogens is 1. The molecule has 1 N–H and O–H groups in total. The minimum absolute atomic E-state index is 0.0545. The maximum atomic E-state index is 13.8. The summed E-state index contributed by atoms with van der Waals surface area (Å²) in [6, 6.07) is 18.9. The van der Waals surface area contributed by atoms with E-state index in [1.54, 1.807) is 41.5 Å². The Morgan fingerprint density at radius 2 is 1.74 bits per heavy atom. The summed E-state index contributed by atoms with van der Waals surface area (Å²) in [6.45, 7) is 2.33. The van der Waals surface area contributed by atoms with Gasteiger partial charge in [0.05, 0.1) is 35.6 Å². The topological polar surface area (TPSA) is 88.5 Å². The Morgan fingerprint density at radius 3 is 2.46 bits per heavy atom. The highest BCUT2D eigenvalue weighted by atomic mass is 79.9. The van der Waals surface area contributed by atoms with Crippen LogP contribution in [0.2, 0.25) is 0 Å². The number of para-hydroxylation sites is 1. The second-order valence-corrected chi connectivity index (χ2v) is 9.01. The number of hydrogen-bond acceptors (Lipinski definition) is 7. The number of phenols is 1. The number of hydrogen-bond donors (Lipinski definition) is 1. The fraction of sp³-hybridized carbons (Fsp3) is 0.231. The lowest BCUT2D eigenvalue weighted by Crippen LogP contribution is -2.37. The maximum absolute atomic E-state index is 13.8. The fourth-order valence-corrected chi connectivity index (χ4v) is 5.07. The Bertz CT molecular complexity index is 1280. The van der Waals surface area contributed by atoms with Gasteiger partial charge < -0.3 is 14.6 Å². The van der Waals surface area contributed by atoms with Crippen molar-refractivity contribution >= 4 is 39.1 Å². The van der Waals surface area contributed by atoms with Crippen LogP contribution in [0.25, 0.3) is 0 Å². The van der Waals surface area contributed by atoms with Crippen LogP contribution in [0.5, 0.6) is 17.2 Å². The third-order valence-corrected chi connectivity index (χ3v) is 6.73. The van der Waals surface area contributed by atoms with Gasteiger partial charge in [0.1, 0.15) is 11.7 Å². The number of methoxy groups -OCH3 is 1. The van der Waals surface area contributed by atoms with E-state index >= 15 is 0 Å². The molecule has 3 atom stereocenters. The number of imide groups is 1. The van der Waals surface area contributed by atoms with Crippen molar-refractivity contribution in [1.29, 1.82) is 0 Å². The van der Waals surface area contributed by atoms with Gasteiger partial charge in [-0.15, -0.1) is 0 Å². The lowest BCUT2D eigenvalue weighted by molar-refractivity contribution is -0.126. The van der Waals surface area contributed by atoms with Crippen molar-refractivity contribution in [2.75, 3.05) is 23.7 Å². The number of anilines is 2. The summed E-state index contributed by atoms with van der Waals surface area (Å²) < 4.78 is 11.3. The largest absolute Gasteiger partial charge is 0.503 e. The van der Waals surface area contributed by atoms with E-state index in [2.05, 4.69) is 15.9 Å². The fourth-order valence-electron chi connectivity index (χ4n) is 4.61. The van der Waals surface area contributed by atoms with Crippen molar-refractivity contribution in [3.05, 3.63) is 76.8 Å². The van der Waals surface area contributed by atoms with Gasteiger partial charge in [0.25, 0.3) is 5.91 Å². The number of nitrogens with zero attached hydrogens (tertiary/aromatic N) is 2. The van der Waals surface area contributed by atoms with Crippen molar-refractivity contribution in [1.82, 2.24) is 0 Å². The number of carbonyl (C=O) groups is 2. The van der Waals surface area contributed by atoms with E-state index in [4.69, 9.17) is 14.3 Å². The molecular weight excluding hydrogens is 516 g/mol. The van der Waals surface area contributed by atoms with Gasteiger partial charge in [-0.1, -0.05) is 24.3 Å². The minimum Gasteiger partial charge on any atom is -0.503 e. The number of hydroxylamine groups is 1. The molecule has 0 radical (unpaired) electrons. The molecule has 8 nitrogen and oxygen atoms in total. The quantitative estimate of drug-likeness (QED) is 0.458. The first kappa shape index (κ1) is 23.2. The van der Waals surface area contributed by atoms with Crippen molar-refractivity contribution in [3.8, 4) is 17.2 Å². The van der Waals surface area contributed by atoms with E-state index in [1.807, 2.05) is 37.3 Å². The average Bonchev–Trinajstić information content (AvgIpc) is 3.37. The normalized spacial score (nSPS) is 21.4. The third-order valence-electron chi connectivity index (χ3n) is 6.13. The van der Waals surface area contributed by atoms with Gasteiger partial charge in [-0.05, 0) is 64.8 Å². The summed E-state index contributed by atoms with van der Waals surface area (Å²) in [6.07, 6.45) is -1.01. The summed E-state index contributed by atoms with van der Waals surface area (Å²) >= 11 is 3.37. The van der Waals surface area contributed by atoms with Crippen LogP contribution in [-0.2, 0) is 14.4 Å². The Labute approximate surface area is 210 Å². The number of ether oxygens (including phenoxy) is 2. The van der Waals surface area contributed by atoms with Crippen molar-refractivity contribution in [3.63, 3.8) is 0 Å². The molecule has 2 heterocycles. The monoisotopic (exact) mass is 538 g/mol. The molecule has 0 aromatic heterocycles. The van der Waals surface area contributed by atoms with Gasteiger partial charge in [0.2, 0.25) is 5.91 Å². The van der Waals surface area contributed by atoms with Crippen LogP contribution in [-0.4, -0.2) is 36.7 Å². The van der Waals surface area contributed by atoms with Crippen molar-refractivity contribution in [2.45, 2.75) is 19.1 Å². The second kappa shape index (κ2) is 9.24. The molecule has 0 saturated carbocycles. The molecule has 0 bridgehead atoms. The smallest absolute Gasteiger partial charge is 0.266 e. The van der Waals surface area contributed by atoms with Crippen LogP contribution in [0.4, 0.5) is 11.4 Å². The van der Waals surface area contributed by atoms with Crippen molar-refractivity contribution in [2.24, 2.45) is 5.92 Å². The van der Waals surface area contributed by atoms with Crippen molar-refractivity contribution < 1.29 is 29.0 Å². The highest BCUT2D eigenvalue weighted by Gasteiger charge is 2.60. The molecule has 35 heavy (non-hydrogen) atoms. The van der Waals surface area contributed by atoms with Crippen LogP contribution in [0, 0.1) is 5.92 Å². The first-order valence-electron chi connectivity index (χ1n) is 11.1. The van der Waals surface area contributed by atoms with Gasteiger partial charge in [-0.25, -0.2) is 9.96 Å². The number of benzene rings is 3. The van der Waals surface area contributed by atoms with Crippen LogP contribution in [0.15, 0.2) is 71.2 Å². The molecule has 2 saturated heterocycles. The number of carbonyl (C=O) groups excluding carboxylic acids is 2. The standard InChI is InChI=1S/C26H23BrN2O6/c1-3-34-18-11-7-10-17(14-18)28-25(31)21-22(15-12-19(27)23(30)20(13-15)33-2)29(35-24(21)26(28)32)16-8-5-4-6-9-16/h4-14,21-22,24,30H,3H2,1-2H3/t21-,22-,24+/m1/s1. The molecular formula is C26H23BrN2O6. The summed E-state index contributed by atoms with van der Waals surface area (Å²) in [4.78, 5) is 34.6. The number of fused-ring (bicyclic) bond motifs is 1. The molecule has 2 amide bonds. The Morgan fingerprint density at radius 1 is 1.00 bits per heavy atom. The van der Waals surface area contributed by atoms with E-state index in [-0.39, 0.29) is 17.4 Å². The predicted octanol–water partition coefficient (Wildman–Crippen LogP) is 4.61. The number of aromatic hydroxyl groups is 1. The van der Waals surface area contributed by atoms with Gasteiger partial charge in [-0.3, -0.25) is 14.4 Å². The predicted molar refractivity (Wildman–Crippen MR) is 132 cm³/mol. The number of rotatable bonds is 6. The molecule has 9 heteroatoms. The minimum atomic E-state index is -1.01. The van der Waals surface area contributed by atoms with Crippen LogP contribution < -0.4 is 19.4 Å². The zero-order chi connectivity index (χ0) is 24.7. The van der Waals surface area contributed by atoms with Crippen LogP contribution in [0.1, 0.15) is 18.5 Å². The lowest BCUT2D eigenvalue weighted by Gasteiger charge is -2.29. The Kier molecular flexibility index (Phi) is 6.12. The zero-order valence-corrected chi connectivity index (χ0v) is 20.6. The second-order valence-electron chi connectivity index (χ2n) is 8.15. The molecule has 180 valence electrons. The zero-order valence-electron chi connectivity index (χ0n) is 19.1. The highest BCUT2D eigenvalue weighted by molar-refractivity contribution is 9.10. The molecule has 3 aromatic rings. The SMILES string of the molecule is CCOc1cccc(N2C(=O)[C@H]3[C@H](ON(c4ccccc4)[C@@H]3c3cc(Br)c(O)c(OC)c3)C2=O)c1. The summed E-state index contributed by atoms with van der Waals surface area (Å²) in [7, 11) is 1.45. The number of amides is 2. The Hall–Kier alpha value is -3.56.